The Morgan fingerprint density at radius 1 is 1.08 bits per heavy atom. The Balaban J connectivity index is 2.10. The first-order valence-corrected chi connectivity index (χ1v) is 9.02. The van der Waals surface area contributed by atoms with Crippen LogP contribution in [0.2, 0.25) is 0 Å². The van der Waals surface area contributed by atoms with Crippen molar-refractivity contribution in [3.8, 4) is 0 Å². The number of halogens is 2. The predicted octanol–water partition coefficient (Wildman–Crippen LogP) is 4.73. The number of rotatable bonds is 5. The highest BCUT2D eigenvalue weighted by molar-refractivity contribution is 9.10. The lowest BCUT2D eigenvalue weighted by Gasteiger charge is -2.18. The van der Waals surface area contributed by atoms with Gasteiger partial charge in [-0.3, -0.25) is 9.59 Å². The molecule has 0 aliphatic carbocycles. The Morgan fingerprint density at radius 3 is 2.33 bits per heavy atom. The van der Waals surface area contributed by atoms with Gasteiger partial charge in [0.2, 0.25) is 11.8 Å². The van der Waals surface area contributed by atoms with Crippen LogP contribution in [0.25, 0.3) is 0 Å². The van der Waals surface area contributed by atoms with Crippen LogP contribution in [0.3, 0.4) is 0 Å². The van der Waals surface area contributed by atoms with Crippen LogP contribution in [0, 0.1) is 6.92 Å². The maximum absolute atomic E-state index is 12.4. The molecule has 0 saturated heterocycles. The zero-order valence-electron chi connectivity index (χ0n) is 13.4. The fourth-order valence-corrected chi connectivity index (χ4v) is 2.82. The lowest BCUT2D eigenvalue weighted by Crippen LogP contribution is -2.29. The molecule has 0 fully saturated rings. The molecule has 2 aromatic carbocycles. The summed E-state index contributed by atoms with van der Waals surface area (Å²) in [6.45, 7) is 3.41. The SMILES string of the molecule is CC(=O)NC(CC(=O)Nc1ccc(Br)c(C)c1)c1ccc(Br)cc1. The molecule has 0 bridgehead atoms. The van der Waals surface area contributed by atoms with Gasteiger partial charge < -0.3 is 10.6 Å². The molecule has 0 aliphatic heterocycles. The molecule has 4 nitrogen and oxygen atoms in total. The summed E-state index contributed by atoms with van der Waals surface area (Å²) in [5, 5.41) is 5.70. The average molecular weight is 454 g/mol. The number of anilines is 1. The molecule has 6 heteroatoms. The number of amides is 2. The molecular weight excluding hydrogens is 436 g/mol. The maximum Gasteiger partial charge on any atom is 0.226 e. The van der Waals surface area contributed by atoms with Crippen LogP contribution in [-0.2, 0) is 9.59 Å². The average Bonchev–Trinajstić information content (AvgIpc) is 2.50. The van der Waals surface area contributed by atoms with Crippen LogP contribution in [0.4, 0.5) is 5.69 Å². The molecule has 0 aromatic heterocycles. The Kier molecular flexibility index (Phi) is 6.57. The summed E-state index contributed by atoms with van der Waals surface area (Å²) < 4.78 is 1.94. The van der Waals surface area contributed by atoms with Crippen LogP contribution >= 0.6 is 31.9 Å². The second kappa shape index (κ2) is 8.44. The maximum atomic E-state index is 12.4. The quantitative estimate of drug-likeness (QED) is 0.687. The van der Waals surface area contributed by atoms with E-state index in [1.165, 1.54) is 6.92 Å². The Bertz CT molecular complexity index is 745. The molecule has 0 spiro atoms. The standard InChI is InChI=1S/C18H18Br2N2O2/c1-11-9-15(7-8-16(11)20)22-18(24)10-17(21-12(2)23)13-3-5-14(19)6-4-13/h3-9,17H,10H2,1-2H3,(H,21,23)(H,22,24). The topological polar surface area (TPSA) is 58.2 Å². The lowest BCUT2D eigenvalue weighted by molar-refractivity contribution is -0.120. The second-order valence-corrected chi connectivity index (χ2v) is 7.29. The van der Waals surface area contributed by atoms with Gasteiger partial charge in [-0.2, -0.15) is 0 Å². The summed E-state index contributed by atoms with van der Waals surface area (Å²) in [6.07, 6.45) is 0.163. The van der Waals surface area contributed by atoms with Gasteiger partial charge in [0.05, 0.1) is 12.5 Å². The van der Waals surface area contributed by atoms with Crippen molar-refractivity contribution in [2.75, 3.05) is 5.32 Å². The molecule has 0 radical (unpaired) electrons. The highest BCUT2D eigenvalue weighted by Gasteiger charge is 2.17. The Morgan fingerprint density at radius 2 is 1.75 bits per heavy atom. The van der Waals surface area contributed by atoms with E-state index in [2.05, 4.69) is 42.5 Å². The lowest BCUT2D eigenvalue weighted by atomic mass is 10.0. The van der Waals surface area contributed by atoms with Gasteiger partial charge in [-0.15, -0.1) is 0 Å². The molecule has 2 amide bonds. The van der Waals surface area contributed by atoms with E-state index >= 15 is 0 Å². The van der Waals surface area contributed by atoms with Gasteiger partial charge in [-0.1, -0.05) is 44.0 Å². The van der Waals surface area contributed by atoms with E-state index in [1.54, 1.807) is 0 Å². The number of hydrogen-bond acceptors (Lipinski definition) is 2. The van der Waals surface area contributed by atoms with Gasteiger partial charge in [0, 0.05) is 21.6 Å². The first kappa shape index (κ1) is 18.7. The molecule has 2 rings (SSSR count). The van der Waals surface area contributed by atoms with E-state index in [9.17, 15) is 9.59 Å². The van der Waals surface area contributed by atoms with Crippen molar-refractivity contribution >= 4 is 49.4 Å². The van der Waals surface area contributed by atoms with Crippen molar-refractivity contribution in [3.05, 3.63) is 62.5 Å². The normalized spacial score (nSPS) is 11.7. The number of hydrogen-bond donors (Lipinski definition) is 2. The first-order chi connectivity index (χ1) is 11.3. The number of carbonyl (C=O) groups is 2. The van der Waals surface area contributed by atoms with Gasteiger partial charge in [-0.05, 0) is 48.4 Å². The predicted molar refractivity (Wildman–Crippen MR) is 103 cm³/mol. The van der Waals surface area contributed by atoms with Crippen molar-refractivity contribution in [1.82, 2.24) is 5.32 Å². The van der Waals surface area contributed by atoms with Crippen molar-refractivity contribution < 1.29 is 9.59 Å². The molecular formula is C18H18Br2N2O2. The number of nitrogens with one attached hydrogen (secondary N) is 2. The van der Waals surface area contributed by atoms with Crippen molar-refractivity contribution in [1.29, 1.82) is 0 Å². The third-order valence-electron chi connectivity index (χ3n) is 3.48. The minimum Gasteiger partial charge on any atom is -0.349 e. The van der Waals surface area contributed by atoms with Crippen LogP contribution in [0.15, 0.2) is 51.4 Å². The third-order valence-corrected chi connectivity index (χ3v) is 4.90. The van der Waals surface area contributed by atoms with E-state index in [-0.39, 0.29) is 24.3 Å². The summed E-state index contributed by atoms with van der Waals surface area (Å²) in [4.78, 5) is 23.8. The van der Waals surface area contributed by atoms with Crippen LogP contribution in [-0.4, -0.2) is 11.8 Å². The monoisotopic (exact) mass is 452 g/mol. The molecule has 0 heterocycles. The Labute approximate surface area is 158 Å². The van der Waals surface area contributed by atoms with E-state index in [4.69, 9.17) is 0 Å². The minimum absolute atomic E-state index is 0.154. The third kappa shape index (κ3) is 5.46. The molecule has 0 aliphatic rings. The van der Waals surface area contributed by atoms with Crippen molar-refractivity contribution in [2.45, 2.75) is 26.3 Å². The minimum atomic E-state index is -0.368. The number of aryl methyl sites for hydroxylation is 1. The summed E-state index contributed by atoms with van der Waals surface area (Å²) in [7, 11) is 0. The number of benzene rings is 2. The molecule has 2 aromatic rings. The zero-order valence-corrected chi connectivity index (χ0v) is 16.6. The second-order valence-electron chi connectivity index (χ2n) is 5.52. The highest BCUT2D eigenvalue weighted by Crippen LogP contribution is 2.23. The van der Waals surface area contributed by atoms with E-state index < -0.39 is 0 Å². The smallest absolute Gasteiger partial charge is 0.226 e. The summed E-state index contributed by atoms with van der Waals surface area (Å²) in [6, 6.07) is 12.8. The van der Waals surface area contributed by atoms with Gasteiger partial charge in [0.1, 0.15) is 0 Å². The first-order valence-electron chi connectivity index (χ1n) is 7.43. The summed E-state index contributed by atoms with van der Waals surface area (Å²) >= 11 is 6.82. The van der Waals surface area contributed by atoms with Crippen LogP contribution in [0.5, 0.6) is 0 Å². The summed E-state index contributed by atoms with van der Waals surface area (Å²) in [5.74, 6) is -0.325. The van der Waals surface area contributed by atoms with Gasteiger partial charge >= 0.3 is 0 Å². The van der Waals surface area contributed by atoms with Crippen LogP contribution < -0.4 is 10.6 Å². The summed E-state index contributed by atoms with van der Waals surface area (Å²) in [5.41, 5.74) is 2.66. The van der Waals surface area contributed by atoms with E-state index in [1.807, 2.05) is 49.4 Å². The van der Waals surface area contributed by atoms with Crippen molar-refractivity contribution in [3.63, 3.8) is 0 Å². The molecule has 24 heavy (non-hydrogen) atoms. The zero-order chi connectivity index (χ0) is 17.7. The molecule has 1 unspecified atom stereocenters. The molecule has 1 atom stereocenters. The van der Waals surface area contributed by atoms with Gasteiger partial charge in [0.15, 0.2) is 0 Å². The largest absolute Gasteiger partial charge is 0.349 e. The van der Waals surface area contributed by atoms with Crippen LogP contribution in [0.1, 0.15) is 30.5 Å². The molecule has 0 saturated carbocycles. The van der Waals surface area contributed by atoms with E-state index in [0.29, 0.717) is 0 Å². The fourth-order valence-electron chi connectivity index (χ4n) is 2.31. The van der Waals surface area contributed by atoms with E-state index in [0.717, 1.165) is 25.8 Å². The molecule has 2 N–H and O–H groups in total. The molecule has 126 valence electrons. The highest BCUT2D eigenvalue weighted by atomic mass is 79.9. The Hall–Kier alpha value is -1.66. The van der Waals surface area contributed by atoms with Gasteiger partial charge in [0.25, 0.3) is 0 Å². The van der Waals surface area contributed by atoms with Crippen molar-refractivity contribution in [2.24, 2.45) is 0 Å². The van der Waals surface area contributed by atoms with Gasteiger partial charge in [-0.25, -0.2) is 0 Å². The fraction of sp³-hybridized carbons (Fsp3) is 0.222. The number of carbonyl (C=O) groups excluding carboxylic acids is 2.